The average Bonchev–Trinajstić information content (AvgIpc) is 2.40. The van der Waals surface area contributed by atoms with Gasteiger partial charge >= 0.3 is 5.97 Å². The van der Waals surface area contributed by atoms with Gasteiger partial charge in [0.15, 0.2) is 0 Å². The number of phenolic OH excluding ortho intramolecular Hbond substituents is 1. The van der Waals surface area contributed by atoms with Gasteiger partial charge in [0.05, 0.1) is 19.8 Å². The second-order valence-corrected chi connectivity index (χ2v) is 3.99. The fourth-order valence-electron chi connectivity index (χ4n) is 1.92. The summed E-state index contributed by atoms with van der Waals surface area (Å²) >= 11 is 0. The van der Waals surface area contributed by atoms with Crippen LogP contribution in [0.3, 0.4) is 0 Å². The van der Waals surface area contributed by atoms with Gasteiger partial charge in [0.25, 0.3) is 0 Å². The van der Waals surface area contributed by atoms with E-state index in [0.29, 0.717) is 29.1 Å². The summed E-state index contributed by atoms with van der Waals surface area (Å²) in [6.45, 7) is 3.33. The number of methoxy groups -OCH3 is 2. The van der Waals surface area contributed by atoms with Gasteiger partial charge in [-0.1, -0.05) is 6.92 Å². The minimum atomic E-state index is -1.02. The third-order valence-corrected chi connectivity index (χ3v) is 2.94. The van der Waals surface area contributed by atoms with Crippen LogP contribution in [0.5, 0.6) is 17.2 Å². The maximum Gasteiger partial charge on any atom is 0.331 e. The van der Waals surface area contributed by atoms with E-state index in [9.17, 15) is 9.90 Å². The summed E-state index contributed by atoms with van der Waals surface area (Å²) in [4.78, 5) is 11.1. The predicted molar refractivity (Wildman–Crippen MR) is 71.7 cm³/mol. The van der Waals surface area contributed by atoms with E-state index in [4.69, 9.17) is 14.6 Å². The second kappa shape index (κ2) is 6.13. The Morgan fingerprint density at radius 1 is 1.26 bits per heavy atom. The predicted octanol–water partition coefficient (Wildman–Crippen LogP) is 2.68. The van der Waals surface area contributed by atoms with Gasteiger partial charge in [0, 0.05) is 17.7 Å². The standard InChI is InChI=1S/C14H18O5/c1-5-10(8(2)14(16)17)13-11(15)6-9(18-3)7-12(13)19-4/h6-7,15H,5H2,1-4H3,(H,16,17)/b10-8+. The summed E-state index contributed by atoms with van der Waals surface area (Å²) in [5, 5.41) is 19.2. The Balaban J connectivity index is 3.56. The number of carbonyl (C=O) groups is 1. The van der Waals surface area contributed by atoms with E-state index in [1.54, 1.807) is 6.07 Å². The lowest BCUT2D eigenvalue weighted by molar-refractivity contribution is -0.132. The molecular weight excluding hydrogens is 248 g/mol. The molecule has 0 spiro atoms. The van der Waals surface area contributed by atoms with E-state index in [1.807, 2.05) is 6.92 Å². The summed E-state index contributed by atoms with van der Waals surface area (Å²) in [5.41, 5.74) is 1.11. The third kappa shape index (κ3) is 2.99. The van der Waals surface area contributed by atoms with Crippen molar-refractivity contribution in [1.29, 1.82) is 0 Å². The van der Waals surface area contributed by atoms with Crippen LogP contribution in [0, 0.1) is 0 Å². The molecule has 0 bridgehead atoms. The first kappa shape index (κ1) is 14.9. The van der Waals surface area contributed by atoms with Crippen molar-refractivity contribution in [2.75, 3.05) is 14.2 Å². The summed E-state index contributed by atoms with van der Waals surface area (Å²) in [6.07, 6.45) is 0.467. The molecule has 0 amide bonds. The van der Waals surface area contributed by atoms with E-state index in [-0.39, 0.29) is 11.3 Å². The minimum absolute atomic E-state index is 0.0614. The monoisotopic (exact) mass is 266 g/mol. The van der Waals surface area contributed by atoms with E-state index in [0.717, 1.165) is 0 Å². The van der Waals surface area contributed by atoms with Gasteiger partial charge in [-0.15, -0.1) is 0 Å². The van der Waals surface area contributed by atoms with Gasteiger partial charge in [-0.25, -0.2) is 4.79 Å². The number of rotatable bonds is 5. The number of aliphatic carboxylic acids is 1. The van der Waals surface area contributed by atoms with Crippen LogP contribution in [0.4, 0.5) is 0 Å². The molecule has 0 saturated heterocycles. The highest BCUT2D eigenvalue weighted by molar-refractivity contribution is 5.97. The Kier molecular flexibility index (Phi) is 4.80. The smallest absolute Gasteiger partial charge is 0.331 e. The van der Waals surface area contributed by atoms with E-state index in [2.05, 4.69) is 0 Å². The normalized spacial score (nSPS) is 11.8. The van der Waals surface area contributed by atoms with Crippen LogP contribution < -0.4 is 9.47 Å². The van der Waals surface area contributed by atoms with E-state index < -0.39 is 5.97 Å². The van der Waals surface area contributed by atoms with Gasteiger partial charge < -0.3 is 19.7 Å². The number of ether oxygens (including phenoxy) is 2. The average molecular weight is 266 g/mol. The Bertz CT molecular complexity index is 517. The van der Waals surface area contributed by atoms with Crippen LogP contribution >= 0.6 is 0 Å². The van der Waals surface area contributed by atoms with Gasteiger partial charge in [0.1, 0.15) is 17.2 Å². The topological polar surface area (TPSA) is 76.0 Å². The van der Waals surface area contributed by atoms with Crippen LogP contribution in [0.2, 0.25) is 0 Å². The third-order valence-electron chi connectivity index (χ3n) is 2.94. The number of hydrogen-bond acceptors (Lipinski definition) is 4. The number of phenols is 1. The summed E-state index contributed by atoms with van der Waals surface area (Å²) in [6, 6.07) is 3.04. The lowest BCUT2D eigenvalue weighted by Crippen LogP contribution is -2.02. The maximum atomic E-state index is 11.1. The van der Waals surface area contributed by atoms with Crippen molar-refractivity contribution >= 4 is 11.5 Å². The SMILES string of the molecule is CC/C(=C(/C)C(=O)O)c1c(O)cc(OC)cc1OC. The highest BCUT2D eigenvalue weighted by Gasteiger charge is 2.19. The molecule has 5 heteroatoms. The zero-order chi connectivity index (χ0) is 14.6. The van der Waals surface area contributed by atoms with Crippen LogP contribution in [0.1, 0.15) is 25.8 Å². The van der Waals surface area contributed by atoms with Gasteiger partial charge in [-0.2, -0.15) is 0 Å². The first-order valence-electron chi connectivity index (χ1n) is 5.84. The van der Waals surface area contributed by atoms with Crippen molar-refractivity contribution in [2.45, 2.75) is 20.3 Å². The number of allylic oxidation sites excluding steroid dienone is 1. The quantitative estimate of drug-likeness (QED) is 0.801. The van der Waals surface area contributed by atoms with Crippen LogP contribution in [0.15, 0.2) is 17.7 Å². The van der Waals surface area contributed by atoms with Crippen molar-refractivity contribution in [1.82, 2.24) is 0 Å². The molecule has 1 aromatic carbocycles. The molecule has 0 saturated carbocycles. The lowest BCUT2D eigenvalue weighted by Gasteiger charge is -2.15. The van der Waals surface area contributed by atoms with Crippen molar-refractivity contribution in [3.05, 3.63) is 23.3 Å². The summed E-state index contributed by atoms with van der Waals surface area (Å²) < 4.78 is 10.3. The summed E-state index contributed by atoms with van der Waals surface area (Å²) in [7, 11) is 2.94. The van der Waals surface area contributed by atoms with Crippen LogP contribution in [0.25, 0.3) is 5.57 Å². The summed E-state index contributed by atoms with van der Waals surface area (Å²) in [5.74, 6) is -0.251. The molecule has 1 aromatic rings. The Morgan fingerprint density at radius 3 is 2.32 bits per heavy atom. The van der Waals surface area contributed by atoms with E-state index >= 15 is 0 Å². The molecule has 0 aliphatic heterocycles. The Hall–Kier alpha value is -2.17. The Labute approximate surface area is 112 Å². The molecule has 0 aliphatic carbocycles. The number of benzene rings is 1. The lowest BCUT2D eigenvalue weighted by atomic mass is 9.96. The van der Waals surface area contributed by atoms with Crippen molar-refractivity contribution in [2.24, 2.45) is 0 Å². The van der Waals surface area contributed by atoms with Gasteiger partial charge in [-0.3, -0.25) is 0 Å². The number of aromatic hydroxyl groups is 1. The Morgan fingerprint density at radius 2 is 1.89 bits per heavy atom. The molecule has 0 atom stereocenters. The molecule has 1 rings (SSSR count). The molecule has 104 valence electrons. The van der Waals surface area contributed by atoms with Gasteiger partial charge in [-0.05, 0) is 18.9 Å². The maximum absolute atomic E-state index is 11.1. The van der Waals surface area contributed by atoms with Crippen molar-refractivity contribution in [3.63, 3.8) is 0 Å². The molecular formula is C14H18O5. The molecule has 0 aliphatic rings. The van der Waals surface area contributed by atoms with Crippen molar-refractivity contribution < 1.29 is 24.5 Å². The molecule has 0 aromatic heterocycles. The number of hydrogen-bond donors (Lipinski definition) is 2. The first-order valence-corrected chi connectivity index (χ1v) is 5.84. The van der Waals surface area contributed by atoms with Crippen molar-refractivity contribution in [3.8, 4) is 17.2 Å². The second-order valence-electron chi connectivity index (χ2n) is 3.99. The zero-order valence-corrected chi connectivity index (χ0v) is 11.5. The molecule has 0 unspecified atom stereocenters. The molecule has 19 heavy (non-hydrogen) atoms. The number of carboxylic acid groups (broad SMARTS) is 1. The fourth-order valence-corrected chi connectivity index (χ4v) is 1.92. The zero-order valence-electron chi connectivity index (χ0n) is 11.5. The molecule has 0 fully saturated rings. The molecule has 5 nitrogen and oxygen atoms in total. The molecule has 0 heterocycles. The van der Waals surface area contributed by atoms with Gasteiger partial charge in [0.2, 0.25) is 0 Å². The number of carboxylic acids is 1. The van der Waals surface area contributed by atoms with Crippen LogP contribution in [-0.2, 0) is 4.79 Å². The highest BCUT2D eigenvalue weighted by atomic mass is 16.5. The fraction of sp³-hybridized carbons (Fsp3) is 0.357. The molecule has 2 N–H and O–H groups in total. The molecule has 0 radical (unpaired) electrons. The first-order chi connectivity index (χ1) is 8.96. The minimum Gasteiger partial charge on any atom is -0.507 e. The largest absolute Gasteiger partial charge is 0.507 e. The highest BCUT2D eigenvalue weighted by Crippen LogP contribution is 2.40. The van der Waals surface area contributed by atoms with Crippen LogP contribution in [-0.4, -0.2) is 30.4 Å². The van der Waals surface area contributed by atoms with E-state index in [1.165, 1.54) is 27.2 Å².